The molecule has 0 spiro atoms. The van der Waals surface area contributed by atoms with Crippen LogP contribution in [0.1, 0.15) is 30.5 Å². The summed E-state index contributed by atoms with van der Waals surface area (Å²) in [6, 6.07) is 6.12. The van der Waals surface area contributed by atoms with Gasteiger partial charge in [0.05, 0.1) is 6.54 Å². The SMILES string of the molecule is C#CCNC1CCc2cc(OC(=O)N(C)CC)ccc21. The van der Waals surface area contributed by atoms with Crippen molar-refractivity contribution in [1.82, 2.24) is 10.2 Å². The first-order valence-electron chi connectivity index (χ1n) is 6.88. The van der Waals surface area contributed by atoms with Gasteiger partial charge in [0.15, 0.2) is 0 Å². The van der Waals surface area contributed by atoms with Crippen LogP contribution in [0.2, 0.25) is 0 Å². The summed E-state index contributed by atoms with van der Waals surface area (Å²) in [5.74, 6) is 3.20. The number of hydrogen-bond acceptors (Lipinski definition) is 3. The summed E-state index contributed by atoms with van der Waals surface area (Å²) in [7, 11) is 1.72. The lowest BCUT2D eigenvalue weighted by Gasteiger charge is -2.15. The summed E-state index contributed by atoms with van der Waals surface area (Å²) in [6.07, 6.45) is 6.96. The van der Waals surface area contributed by atoms with Gasteiger partial charge in [0.2, 0.25) is 0 Å². The second kappa shape index (κ2) is 6.44. The van der Waals surface area contributed by atoms with Crippen molar-refractivity contribution in [2.45, 2.75) is 25.8 Å². The fourth-order valence-electron chi connectivity index (χ4n) is 2.36. The molecule has 1 amide bonds. The molecule has 0 saturated carbocycles. The number of benzene rings is 1. The lowest BCUT2D eigenvalue weighted by atomic mass is 10.1. The van der Waals surface area contributed by atoms with Crippen LogP contribution >= 0.6 is 0 Å². The molecule has 0 radical (unpaired) electrons. The maximum atomic E-state index is 11.7. The summed E-state index contributed by atoms with van der Waals surface area (Å²) < 4.78 is 5.34. The normalized spacial score (nSPS) is 16.4. The first-order valence-corrected chi connectivity index (χ1v) is 6.88. The number of carbonyl (C=O) groups excluding carboxylic acids is 1. The van der Waals surface area contributed by atoms with Crippen LogP contribution in [-0.4, -0.2) is 31.1 Å². The third kappa shape index (κ3) is 3.12. The smallest absolute Gasteiger partial charge is 0.410 e. The molecule has 20 heavy (non-hydrogen) atoms. The van der Waals surface area contributed by atoms with E-state index in [4.69, 9.17) is 11.2 Å². The van der Waals surface area contributed by atoms with Crippen LogP contribution in [0.4, 0.5) is 4.79 Å². The minimum Gasteiger partial charge on any atom is -0.410 e. The largest absolute Gasteiger partial charge is 0.414 e. The molecule has 1 N–H and O–H groups in total. The number of aryl methyl sites for hydroxylation is 1. The lowest BCUT2D eigenvalue weighted by molar-refractivity contribution is 0.165. The van der Waals surface area contributed by atoms with Crippen molar-refractivity contribution >= 4 is 6.09 Å². The third-order valence-corrected chi connectivity index (χ3v) is 3.63. The minimum atomic E-state index is -0.326. The average molecular weight is 272 g/mol. The highest BCUT2D eigenvalue weighted by molar-refractivity contribution is 5.70. The molecule has 2 rings (SSSR count). The maximum absolute atomic E-state index is 11.7. The Kier molecular flexibility index (Phi) is 4.65. The van der Waals surface area contributed by atoms with E-state index in [9.17, 15) is 4.79 Å². The Balaban J connectivity index is 2.06. The van der Waals surface area contributed by atoms with Crippen molar-refractivity contribution in [3.05, 3.63) is 29.3 Å². The Morgan fingerprint density at radius 3 is 3.10 bits per heavy atom. The quantitative estimate of drug-likeness (QED) is 0.855. The second-order valence-electron chi connectivity index (χ2n) is 4.92. The van der Waals surface area contributed by atoms with Crippen molar-refractivity contribution < 1.29 is 9.53 Å². The molecule has 0 aromatic heterocycles. The van der Waals surface area contributed by atoms with Gasteiger partial charge in [-0.05, 0) is 43.0 Å². The predicted molar refractivity (Wildman–Crippen MR) is 78.7 cm³/mol. The predicted octanol–water partition coefficient (Wildman–Crippen LogP) is 2.35. The van der Waals surface area contributed by atoms with Crippen LogP contribution in [0.25, 0.3) is 0 Å². The average Bonchev–Trinajstić information content (AvgIpc) is 2.86. The Morgan fingerprint density at radius 2 is 2.40 bits per heavy atom. The third-order valence-electron chi connectivity index (χ3n) is 3.63. The number of ether oxygens (including phenoxy) is 1. The number of rotatable bonds is 4. The molecule has 0 aliphatic heterocycles. The second-order valence-corrected chi connectivity index (χ2v) is 4.92. The highest BCUT2D eigenvalue weighted by atomic mass is 16.6. The fourth-order valence-corrected chi connectivity index (χ4v) is 2.36. The van der Waals surface area contributed by atoms with Gasteiger partial charge in [-0.2, -0.15) is 0 Å². The summed E-state index contributed by atoms with van der Waals surface area (Å²) in [6.45, 7) is 3.11. The number of amides is 1. The first-order chi connectivity index (χ1) is 9.65. The summed E-state index contributed by atoms with van der Waals surface area (Å²) in [5.41, 5.74) is 2.48. The number of hydrogen-bond donors (Lipinski definition) is 1. The molecule has 0 fully saturated rings. The molecule has 1 aliphatic rings. The van der Waals surface area contributed by atoms with E-state index >= 15 is 0 Å². The van der Waals surface area contributed by atoms with Crippen molar-refractivity contribution in [2.24, 2.45) is 0 Å². The standard InChI is InChI=1S/C16H20N2O2/c1-4-10-17-15-9-6-12-11-13(7-8-14(12)15)20-16(19)18(3)5-2/h1,7-8,11,15,17H,5-6,9-10H2,2-3H3. The van der Waals surface area contributed by atoms with E-state index in [1.807, 2.05) is 25.1 Å². The number of nitrogens with one attached hydrogen (secondary N) is 1. The van der Waals surface area contributed by atoms with Gasteiger partial charge in [0.25, 0.3) is 0 Å². The molecule has 1 aliphatic carbocycles. The number of carbonyl (C=O) groups is 1. The van der Waals surface area contributed by atoms with Gasteiger partial charge in [-0.25, -0.2) is 4.79 Å². The molecular weight excluding hydrogens is 252 g/mol. The van der Waals surface area contributed by atoms with E-state index in [1.165, 1.54) is 16.0 Å². The summed E-state index contributed by atoms with van der Waals surface area (Å²) in [5, 5.41) is 3.32. The monoisotopic (exact) mass is 272 g/mol. The zero-order chi connectivity index (χ0) is 14.5. The molecule has 4 heteroatoms. The van der Waals surface area contributed by atoms with Crippen LogP contribution in [-0.2, 0) is 6.42 Å². The molecule has 0 saturated heterocycles. The minimum absolute atomic E-state index is 0.309. The van der Waals surface area contributed by atoms with E-state index in [0.29, 0.717) is 24.9 Å². The van der Waals surface area contributed by atoms with Gasteiger partial charge in [0, 0.05) is 19.6 Å². The van der Waals surface area contributed by atoms with Gasteiger partial charge < -0.3 is 9.64 Å². The number of terminal acetylenes is 1. The molecule has 4 nitrogen and oxygen atoms in total. The molecule has 106 valence electrons. The van der Waals surface area contributed by atoms with Crippen LogP contribution in [0, 0.1) is 12.3 Å². The van der Waals surface area contributed by atoms with Gasteiger partial charge in [-0.1, -0.05) is 12.0 Å². The Labute approximate surface area is 120 Å². The Morgan fingerprint density at radius 1 is 1.60 bits per heavy atom. The molecular formula is C16H20N2O2. The Hall–Kier alpha value is -1.99. The van der Waals surface area contributed by atoms with Crippen LogP contribution in [0.15, 0.2) is 18.2 Å². The first kappa shape index (κ1) is 14.4. The van der Waals surface area contributed by atoms with Gasteiger partial charge in [-0.3, -0.25) is 5.32 Å². The molecule has 1 unspecified atom stereocenters. The van der Waals surface area contributed by atoms with E-state index in [-0.39, 0.29) is 6.09 Å². The van der Waals surface area contributed by atoms with E-state index < -0.39 is 0 Å². The molecule has 0 heterocycles. The summed E-state index contributed by atoms with van der Waals surface area (Å²) in [4.78, 5) is 13.3. The molecule has 0 bridgehead atoms. The van der Waals surface area contributed by atoms with Crippen LogP contribution < -0.4 is 10.1 Å². The van der Waals surface area contributed by atoms with Crippen molar-refractivity contribution in [2.75, 3.05) is 20.1 Å². The number of nitrogens with zero attached hydrogens (tertiary/aromatic N) is 1. The van der Waals surface area contributed by atoms with Crippen LogP contribution in [0.3, 0.4) is 0 Å². The highest BCUT2D eigenvalue weighted by Gasteiger charge is 2.22. The van der Waals surface area contributed by atoms with Crippen molar-refractivity contribution in [1.29, 1.82) is 0 Å². The number of fused-ring (bicyclic) bond motifs is 1. The van der Waals surface area contributed by atoms with E-state index in [2.05, 4.69) is 11.2 Å². The summed E-state index contributed by atoms with van der Waals surface area (Å²) >= 11 is 0. The van der Waals surface area contributed by atoms with Gasteiger partial charge >= 0.3 is 6.09 Å². The highest BCUT2D eigenvalue weighted by Crippen LogP contribution is 2.33. The Bertz CT molecular complexity index is 534. The van der Waals surface area contributed by atoms with Crippen molar-refractivity contribution in [3.63, 3.8) is 0 Å². The zero-order valence-electron chi connectivity index (χ0n) is 12.0. The molecule has 1 aromatic carbocycles. The molecule has 1 aromatic rings. The van der Waals surface area contributed by atoms with Gasteiger partial charge in [-0.15, -0.1) is 6.42 Å². The topological polar surface area (TPSA) is 41.6 Å². The van der Waals surface area contributed by atoms with E-state index in [1.54, 1.807) is 7.05 Å². The molecule has 1 atom stereocenters. The van der Waals surface area contributed by atoms with E-state index in [0.717, 1.165) is 12.8 Å². The fraction of sp³-hybridized carbons (Fsp3) is 0.438. The zero-order valence-corrected chi connectivity index (χ0v) is 12.0. The van der Waals surface area contributed by atoms with Gasteiger partial charge in [0.1, 0.15) is 5.75 Å². The van der Waals surface area contributed by atoms with Crippen molar-refractivity contribution in [3.8, 4) is 18.1 Å². The maximum Gasteiger partial charge on any atom is 0.414 e. The lowest BCUT2D eigenvalue weighted by Crippen LogP contribution is -2.29. The van der Waals surface area contributed by atoms with Crippen LogP contribution in [0.5, 0.6) is 5.75 Å².